The molecule has 1 aliphatic carbocycles. The van der Waals surface area contributed by atoms with Crippen molar-refractivity contribution in [3.05, 3.63) is 75.7 Å². The Morgan fingerprint density at radius 1 is 1.14 bits per heavy atom. The van der Waals surface area contributed by atoms with Crippen molar-refractivity contribution in [3.8, 4) is 17.6 Å². The number of benzene rings is 2. The standard InChI is InChI=1S/C26H24N4O4S/c1-33-19-9-6-7-17(13-19)16-34-22-11-4-2-8-18(22)15-28-30-25(32)24(31)29-26-21(14-27)20-10-3-5-12-23(20)35-26/h2,4,6-9,11,13,15H,3,5,10,12,16H2,1H3,(H,29,31)(H,30,32)/b28-15-. The van der Waals surface area contributed by atoms with Crippen LogP contribution in [0.15, 0.2) is 53.6 Å². The molecule has 8 nitrogen and oxygen atoms in total. The van der Waals surface area contributed by atoms with E-state index in [-0.39, 0.29) is 0 Å². The molecule has 3 aromatic rings. The van der Waals surface area contributed by atoms with E-state index in [0.29, 0.717) is 28.5 Å². The van der Waals surface area contributed by atoms with E-state index in [1.54, 1.807) is 19.2 Å². The third-order valence-electron chi connectivity index (χ3n) is 5.53. The van der Waals surface area contributed by atoms with E-state index in [2.05, 4.69) is 21.9 Å². The number of nitrogens with one attached hydrogen (secondary N) is 2. The summed E-state index contributed by atoms with van der Waals surface area (Å²) in [5.74, 6) is -0.488. The van der Waals surface area contributed by atoms with Crippen molar-refractivity contribution >= 4 is 34.4 Å². The summed E-state index contributed by atoms with van der Waals surface area (Å²) in [5, 5.41) is 16.4. The van der Waals surface area contributed by atoms with Gasteiger partial charge in [-0.3, -0.25) is 9.59 Å². The molecular formula is C26H24N4O4S. The third-order valence-corrected chi connectivity index (χ3v) is 6.74. The SMILES string of the molecule is COc1cccc(COc2ccccc2/C=N\NC(=O)C(=O)Nc2sc3c(c2C#N)CCCC3)c1. The van der Waals surface area contributed by atoms with Gasteiger partial charge < -0.3 is 14.8 Å². The molecule has 0 spiro atoms. The molecule has 35 heavy (non-hydrogen) atoms. The maximum Gasteiger partial charge on any atom is 0.329 e. The smallest absolute Gasteiger partial charge is 0.329 e. The van der Waals surface area contributed by atoms with Gasteiger partial charge in [0.2, 0.25) is 0 Å². The number of thiophene rings is 1. The molecule has 0 fully saturated rings. The minimum Gasteiger partial charge on any atom is -0.497 e. The normalized spacial score (nSPS) is 12.5. The number of amides is 2. The Kier molecular flexibility index (Phi) is 7.75. The lowest BCUT2D eigenvalue weighted by Crippen LogP contribution is -2.32. The van der Waals surface area contributed by atoms with Crippen LogP contribution in [-0.2, 0) is 29.0 Å². The Morgan fingerprint density at radius 2 is 1.97 bits per heavy atom. The second-order valence-corrected chi connectivity index (χ2v) is 8.96. The van der Waals surface area contributed by atoms with Gasteiger partial charge in [-0.15, -0.1) is 11.3 Å². The van der Waals surface area contributed by atoms with Crippen LogP contribution in [0, 0.1) is 11.3 Å². The summed E-state index contributed by atoms with van der Waals surface area (Å²) < 4.78 is 11.1. The summed E-state index contributed by atoms with van der Waals surface area (Å²) in [6.07, 6.45) is 5.20. The summed E-state index contributed by atoms with van der Waals surface area (Å²) in [5.41, 5.74) is 5.25. The zero-order valence-corrected chi connectivity index (χ0v) is 20.0. The van der Waals surface area contributed by atoms with Gasteiger partial charge in [0.05, 0.1) is 18.9 Å². The highest BCUT2D eigenvalue weighted by atomic mass is 32.1. The highest BCUT2D eigenvalue weighted by molar-refractivity contribution is 7.16. The topological polar surface area (TPSA) is 113 Å². The molecule has 1 heterocycles. The van der Waals surface area contributed by atoms with Gasteiger partial charge in [0, 0.05) is 10.4 Å². The number of para-hydroxylation sites is 1. The predicted octanol–water partition coefficient (Wildman–Crippen LogP) is 4.17. The fourth-order valence-electron chi connectivity index (χ4n) is 3.79. The molecule has 178 valence electrons. The lowest BCUT2D eigenvalue weighted by molar-refractivity contribution is -0.136. The first-order chi connectivity index (χ1) is 17.1. The van der Waals surface area contributed by atoms with Crippen molar-refractivity contribution < 1.29 is 19.1 Å². The lowest BCUT2D eigenvalue weighted by Gasteiger charge is -2.10. The third kappa shape index (κ3) is 5.86. The zero-order valence-electron chi connectivity index (χ0n) is 19.2. The van der Waals surface area contributed by atoms with Crippen LogP contribution in [0.1, 0.15) is 40.0 Å². The fraction of sp³-hybridized carbons (Fsp3) is 0.231. The van der Waals surface area contributed by atoms with Gasteiger partial charge in [-0.1, -0.05) is 24.3 Å². The number of hydrogen-bond donors (Lipinski definition) is 2. The Bertz CT molecular complexity index is 1310. The van der Waals surface area contributed by atoms with Gasteiger partial charge in [-0.2, -0.15) is 10.4 Å². The van der Waals surface area contributed by atoms with Crippen LogP contribution in [0.4, 0.5) is 5.00 Å². The van der Waals surface area contributed by atoms with E-state index in [0.717, 1.165) is 47.4 Å². The Balaban J connectivity index is 1.36. The predicted molar refractivity (Wildman–Crippen MR) is 134 cm³/mol. The van der Waals surface area contributed by atoms with Gasteiger partial charge in [0.1, 0.15) is 29.2 Å². The first-order valence-electron chi connectivity index (χ1n) is 11.1. The average molecular weight is 489 g/mol. The van der Waals surface area contributed by atoms with Crippen LogP contribution in [-0.4, -0.2) is 25.1 Å². The van der Waals surface area contributed by atoms with Gasteiger partial charge in [0.25, 0.3) is 0 Å². The number of fused-ring (bicyclic) bond motifs is 1. The first kappa shape index (κ1) is 24.0. The number of carbonyl (C=O) groups excluding carboxylic acids is 2. The summed E-state index contributed by atoms with van der Waals surface area (Å²) in [4.78, 5) is 25.8. The van der Waals surface area contributed by atoms with Crippen molar-refractivity contribution in [3.63, 3.8) is 0 Å². The number of ether oxygens (including phenoxy) is 2. The van der Waals surface area contributed by atoms with Gasteiger partial charge in [0.15, 0.2) is 0 Å². The zero-order chi connectivity index (χ0) is 24.6. The first-order valence-corrected chi connectivity index (χ1v) is 11.9. The fourth-order valence-corrected chi connectivity index (χ4v) is 5.02. The molecule has 0 atom stereocenters. The summed E-state index contributed by atoms with van der Waals surface area (Å²) in [6.45, 7) is 0.322. The second-order valence-electron chi connectivity index (χ2n) is 7.86. The van der Waals surface area contributed by atoms with E-state index < -0.39 is 11.8 Å². The molecule has 2 N–H and O–H groups in total. The van der Waals surface area contributed by atoms with Crippen molar-refractivity contribution in [2.75, 3.05) is 12.4 Å². The van der Waals surface area contributed by atoms with Crippen LogP contribution in [0.25, 0.3) is 0 Å². The highest BCUT2D eigenvalue weighted by Crippen LogP contribution is 2.37. The van der Waals surface area contributed by atoms with Gasteiger partial charge in [-0.25, -0.2) is 5.43 Å². The summed E-state index contributed by atoms with van der Waals surface area (Å²) in [7, 11) is 1.61. The van der Waals surface area contributed by atoms with Gasteiger partial charge in [-0.05, 0) is 61.1 Å². The molecule has 4 rings (SSSR count). The molecule has 2 amide bonds. The number of nitrogens with zero attached hydrogens (tertiary/aromatic N) is 2. The van der Waals surface area contributed by atoms with Gasteiger partial charge >= 0.3 is 11.8 Å². The van der Waals surface area contributed by atoms with E-state index in [1.807, 2.05) is 36.4 Å². The molecule has 9 heteroatoms. The number of aryl methyl sites for hydroxylation is 1. The maximum absolute atomic E-state index is 12.4. The van der Waals surface area contributed by atoms with E-state index >= 15 is 0 Å². The van der Waals surface area contributed by atoms with Crippen LogP contribution >= 0.6 is 11.3 Å². The Hall–Kier alpha value is -4.16. The quantitative estimate of drug-likeness (QED) is 0.294. The van der Waals surface area contributed by atoms with Crippen LogP contribution in [0.5, 0.6) is 11.5 Å². The number of hydrogen-bond acceptors (Lipinski definition) is 7. The Labute approximate surface area is 207 Å². The monoisotopic (exact) mass is 488 g/mol. The molecule has 0 bridgehead atoms. The largest absolute Gasteiger partial charge is 0.497 e. The molecule has 0 saturated heterocycles. The highest BCUT2D eigenvalue weighted by Gasteiger charge is 2.23. The van der Waals surface area contributed by atoms with E-state index in [1.165, 1.54) is 17.6 Å². The number of methoxy groups -OCH3 is 1. The summed E-state index contributed by atoms with van der Waals surface area (Å²) >= 11 is 1.36. The number of nitriles is 1. The number of hydrazone groups is 1. The molecule has 0 saturated carbocycles. The molecule has 1 aromatic heterocycles. The van der Waals surface area contributed by atoms with E-state index in [4.69, 9.17) is 9.47 Å². The van der Waals surface area contributed by atoms with Crippen molar-refractivity contribution in [1.29, 1.82) is 5.26 Å². The molecule has 0 aliphatic heterocycles. The minimum absolute atomic E-state index is 0.322. The lowest BCUT2D eigenvalue weighted by atomic mass is 9.96. The molecule has 0 unspecified atom stereocenters. The van der Waals surface area contributed by atoms with Crippen molar-refractivity contribution in [1.82, 2.24) is 5.43 Å². The number of anilines is 1. The van der Waals surface area contributed by atoms with E-state index in [9.17, 15) is 14.9 Å². The van der Waals surface area contributed by atoms with Crippen LogP contribution in [0.2, 0.25) is 0 Å². The van der Waals surface area contributed by atoms with Crippen molar-refractivity contribution in [2.45, 2.75) is 32.3 Å². The van der Waals surface area contributed by atoms with Crippen molar-refractivity contribution in [2.24, 2.45) is 5.10 Å². The summed E-state index contributed by atoms with van der Waals surface area (Å²) in [6, 6.07) is 16.9. The molecular weight excluding hydrogens is 464 g/mol. The Morgan fingerprint density at radius 3 is 2.80 bits per heavy atom. The maximum atomic E-state index is 12.4. The average Bonchev–Trinajstić information content (AvgIpc) is 3.24. The van der Waals surface area contributed by atoms with Crippen LogP contribution < -0.4 is 20.2 Å². The second kappa shape index (κ2) is 11.3. The van der Waals surface area contributed by atoms with Crippen LogP contribution in [0.3, 0.4) is 0 Å². The number of carbonyl (C=O) groups is 2. The molecule has 1 aliphatic rings. The molecule has 0 radical (unpaired) electrons. The number of rotatable bonds is 7. The molecule has 2 aromatic carbocycles. The minimum atomic E-state index is -0.925.